The Labute approximate surface area is 170 Å². The van der Waals surface area contributed by atoms with Crippen molar-refractivity contribution in [2.45, 2.75) is 19.1 Å². The summed E-state index contributed by atoms with van der Waals surface area (Å²) in [6.45, 7) is 2.01. The molecule has 0 bridgehead atoms. The molecule has 0 aliphatic carbocycles. The van der Waals surface area contributed by atoms with Gasteiger partial charge in [-0.25, -0.2) is 0 Å². The molecule has 0 spiro atoms. The van der Waals surface area contributed by atoms with Gasteiger partial charge in [0.15, 0.2) is 0 Å². The van der Waals surface area contributed by atoms with Crippen molar-refractivity contribution in [3.63, 3.8) is 0 Å². The molecule has 9 heteroatoms. The van der Waals surface area contributed by atoms with E-state index in [2.05, 4.69) is 5.32 Å². The van der Waals surface area contributed by atoms with E-state index in [1.807, 2.05) is 0 Å². The van der Waals surface area contributed by atoms with Gasteiger partial charge in [0, 0.05) is 20.0 Å². The molecule has 0 radical (unpaired) electrons. The summed E-state index contributed by atoms with van der Waals surface area (Å²) in [4.78, 5) is 40.4. The summed E-state index contributed by atoms with van der Waals surface area (Å²) in [5, 5.41) is 2.71. The van der Waals surface area contributed by atoms with Gasteiger partial charge in [-0.1, -0.05) is 18.2 Å². The van der Waals surface area contributed by atoms with Crippen molar-refractivity contribution in [1.82, 2.24) is 9.80 Å². The van der Waals surface area contributed by atoms with E-state index < -0.39 is 29.6 Å². The first-order valence-electron chi connectivity index (χ1n) is 9.34. The molecular weight excluding hydrogens is 399 g/mol. The average Bonchev–Trinajstić information content (AvgIpc) is 2.82. The third-order valence-electron chi connectivity index (χ3n) is 5.42. The highest BCUT2D eigenvalue weighted by atomic mass is 19.4. The fraction of sp³-hybridized carbons (Fsp3) is 0.286. The zero-order valence-corrected chi connectivity index (χ0v) is 16.0. The Bertz CT molecular complexity index is 1050. The molecular formula is C21H18F3N3O3. The van der Waals surface area contributed by atoms with Gasteiger partial charge in [-0.3, -0.25) is 14.4 Å². The SMILES string of the molecule is CC(=O)N1CCN2C(=O)c3cc(-c4cccc(C(F)(F)F)c4)ccc3NC(=O)[C@H]2C1. The van der Waals surface area contributed by atoms with Crippen LogP contribution in [0.4, 0.5) is 18.9 Å². The number of hydrogen-bond donors (Lipinski definition) is 1. The number of halogens is 3. The molecule has 0 aromatic heterocycles. The minimum absolute atomic E-state index is 0.0986. The highest BCUT2D eigenvalue weighted by Gasteiger charge is 2.40. The van der Waals surface area contributed by atoms with E-state index in [-0.39, 0.29) is 24.6 Å². The van der Waals surface area contributed by atoms with Crippen LogP contribution in [0.15, 0.2) is 42.5 Å². The van der Waals surface area contributed by atoms with Crippen LogP contribution in [0.5, 0.6) is 0 Å². The van der Waals surface area contributed by atoms with Gasteiger partial charge in [-0.2, -0.15) is 13.2 Å². The van der Waals surface area contributed by atoms with Gasteiger partial charge >= 0.3 is 6.18 Å². The van der Waals surface area contributed by atoms with Gasteiger partial charge in [0.2, 0.25) is 11.8 Å². The maximum absolute atomic E-state index is 13.2. The third kappa shape index (κ3) is 3.51. The Morgan fingerprint density at radius 1 is 1.07 bits per heavy atom. The molecule has 2 heterocycles. The lowest BCUT2D eigenvalue weighted by Gasteiger charge is -2.38. The average molecular weight is 417 g/mol. The number of nitrogens with one attached hydrogen (secondary N) is 1. The summed E-state index contributed by atoms with van der Waals surface area (Å²) in [6, 6.07) is 8.60. The predicted octanol–water partition coefficient (Wildman–Crippen LogP) is 3.00. The first-order chi connectivity index (χ1) is 14.1. The number of nitrogens with zero attached hydrogens (tertiary/aromatic N) is 2. The van der Waals surface area contributed by atoms with Crippen LogP contribution < -0.4 is 5.32 Å². The molecule has 2 aromatic rings. The molecule has 0 saturated carbocycles. The van der Waals surface area contributed by atoms with Crippen molar-refractivity contribution in [2.75, 3.05) is 25.0 Å². The largest absolute Gasteiger partial charge is 0.416 e. The van der Waals surface area contributed by atoms with Crippen LogP contribution in [-0.2, 0) is 15.8 Å². The third-order valence-corrected chi connectivity index (χ3v) is 5.42. The highest BCUT2D eigenvalue weighted by molar-refractivity contribution is 6.10. The number of fused-ring (bicyclic) bond motifs is 2. The lowest BCUT2D eigenvalue weighted by atomic mass is 9.99. The first kappa shape index (κ1) is 19.9. The van der Waals surface area contributed by atoms with E-state index in [1.54, 1.807) is 6.07 Å². The number of hydrogen-bond acceptors (Lipinski definition) is 3. The number of alkyl halides is 3. The Balaban J connectivity index is 1.71. The van der Waals surface area contributed by atoms with Crippen LogP contribution in [-0.4, -0.2) is 53.2 Å². The van der Waals surface area contributed by atoms with E-state index in [4.69, 9.17) is 0 Å². The topological polar surface area (TPSA) is 69.7 Å². The standard InChI is InChI=1S/C21H18F3N3O3/c1-12(28)26-7-8-27-18(11-26)19(29)25-17-6-5-14(10-16(17)20(27)30)13-3-2-4-15(9-13)21(22,23)24/h2-6,9-10,18H,7-8,11H2,1H3,(H,25,29)/t18-/m1/s1. The molecule has 0 unspecified atom stereocenters. The van der Waals surface area contributed by atoms with Crippen molar-refractivity contribution in [1.29, 1.82) is 0 Å². The highest BCUT2D eigenvalue weighted by Crippen LogP contribution is 2.34. The van der Waals surface area contributed by atoms with Crippen LogP contribution in [0.25, 0.3) is 11.1 Å². The molecule has 1 N–H and O–H groups in total. The van der Waals surface area contributed by atoms with Crippen LogP contribution in [0.3, 0.4) is 0 Å². The van der Waals surface area contributed by atoms with Gasteiger partial charge in [-0.05, 0) is 35.4 Å². The minimum Gasteiger partial charge on any atom is -0.339 e. The zero-order valence-electron chi connectivity index (χ0n) is 16.0. The Morgan fingerprint density at radius 3 is 2.50 bits per heavy atom. The van der Waals surface area contributed by atoms with Crippen LogP contribution in [0.1, 0.15) is 22.8 Å². The van der Waals surface area contributed by atoms with E-state index in [0.717, 1.165) is 12.1 Å². The lowest BCUT2D eigenvalue weighted by Crippen LogP contribution is -2.59. The van der Waals surface area contributed by atoms with Gasteiger partial charge < -0.3 is 15.1 Å². The second-order valence-corrected chi connectivity index (χ2v) is 7.31. The summed E-state index contributed by atoms with van der Waals surface area (Å²) >= 11 is 0. The molecule has 2 aliphatic rings. The normalized spacial score (nSPS) is 19.0. The molecule has 1 fully saturated rings. The summed E-state index contributed by atoms with van der Waals surface area (Å²) in [6.07, 6.45) is -4.48. The van der Waals surface area contributed by atoms with Crippen LogP contribution in [0.2, 0.25) is 0 Å². The van der Waals surface area contributed by atoms with E-state index >= 15 is 0 Å². The maximum atomic E-state index is 13.2. The van der Waals surface area contributed by atoms with Gasteiger partial charge in [0.1, 0.15) is 6.04 Å². The number of carbonyl (C=O) groups excluding carboxylic acids is 3. The molecule has 30 heavy (non-hydrogen) atoms. The van der Waals surface area contributed by atoms with Gasteiger partial charge in [-0.15, -0.1) is 0 Å². The number of piperazine rings is 1. The van der Waals surface area contributed by atoms with Gasteiger partial charge in [0.25, 0.3) is 5.91 Å². The fourth-order valence-corrected chi connectivity index (χ4v) is 3.79. The van der Waals surface area contributed by atoms with Crippen molar-refractivity contribution < 1.29 is 27.6 Å². The second-order valence-electron chi connectivity index (χ2n) is 7.31. The molecule has 1 atom stereocenters. The Hall–Kier alpha value is -3.36. The van der Waals surface area contributed by atoms with Crippen LogP contribution >= 0.6 is 0 Å². The molecule has 4 rings (SSSR count). The summed E-state index contributed by atoms with van der Waals surface area (Å²) < 4.78 is 39.2. The second kappa shape index (κ2) is 7.16. The summed E-state index contributed by atoms with van der Waals surface area (Å²) in [7, 11) is 0. The number of carbonyl (C=O) groups is 3. The lowest BCUT2D eigenvalue weighted by molar-refractivity contribution is -0.137. The molecule has 156 valence electrons. The summed E-state index contributed by atoms with van der Waals surface area (Å²) in [5.41, 5.74) is 0.466. The van der Waals surface area contributed by atoms with E-state index in [1.165, 1.54) is 41.0 Å². The molecule has 1 saturated heterocycles. The Kier molecular flexibility index (Phi) is 4.76. The molecule has 2 aromatic carbocycles. The quantitative estimate of drug-likeness (QED) is 0.776. The first-order valence-corrected chi connectivity index (χ1v) is 9.34. The Morgan fingerprint density at radius 2 is 1.80 bits per heavy atom. The zero-order chi connectivity index (χ0) is 21.6. The van der Waals surface area contributed by atoms with Crippen molar-refractivity contribution >= 4 is 23.4 Å². The van der Waals surface area contributed by atoms with Crippen molar-refractivity contribution in [3.8, 4) is 11.1 Å². The number of rotatable bonds is 1. The smallest absolute Gasteiger partial charge is 0.339 e. The van der Waals surface area contributed by atoms with Gasteiger partial charge in [0.05, 0.1) is 23.4 Å². The summed E-state index contributed by atoms with van der Waals surface area (Å²) in [5.74, 6) is -0.978. The monoisotopic (exact) mass is 417 g/mol. The number of benzene rings is 2. The molecule has 6 nitrogen and oxygen atoms in total. The number of amides is 3. The molecule has 3 amide bonds. The van der Waals surface area contributed by atoms with E-state index in [9.17, 15) is 27.6 Å². The number of anilines is 1. The maximum Gasteiger partial charge on any atom is 0.416 e. The molecule has 2 aliphatic heterocycles. The van der Waals surface area contributed by atoms with Crippen molar-refractivity contribution in [3.05, 3.63) is 53.6 Å². The predicted molar refractivity (Wildman–Crippen MR) is 103 cm³/mol. The minimum atomic E-state index is -4.48. The fourth-order valence-electron chi connectivity index (χ4n) is 3.79. The van der Waals surface area contributed by atoms with E-state index in [0.29, 0.717) is 23.4 Å². The van der Waals surface area contributed by atoms with Crippen molar-refractivity contribution in [2.24, 2.45) is 0 Å². The van der Waals surface area contributed by atoms with Crippen LogP contribution in [0, 0.1) is 0 Å².